The topological polar surface area (TPSA) is 80.6 Å². The van der Waals surface area contributed by atoms with Gasteiger partial charge in [0.05, 0.1) is 12.8 Å². The fourth-order valence-electron chi connectivity index (χ4n) is 2.60. The molecule has 0 saturated heterocycles. The molecule has 0 aliphatic carbocycles. The third kappa shape index (κ3) is 5.05. The van der Waals surface area contributed by atoms with E-state index in [1.807, 2.05) is 6.07 Å². The monoisotopic (exact) mass is 382 g/mol. The number of aromatic nitrogens is 1. The van der Waals surface area contributed by atoms with E-state index in [1.165, 1.54) is 29.0 Å². The number of halogens is 1. The Hall–Kier alpha value is -3.45. The van der Waals surface area contributed by atoms with Crippen LogP contribution in [0.15, 0.2) is 71.7 Å². The highest BCUT2D eigenvalue weighted by molar-refractivity contribution is 5.90. The van der Waals surface area contributed by atoms with Gasteiger partial charge >= 0.3 is 0 Å². The molecule has 1 amide bonds. The number of aliphatic hydroxyl groups excluding tert-OH is 1. The lowest BCUT2D eigenvalue weighted by atomic mass is 10.2. The van der Waals surface area contributed by atoms with Gasteiger partial charge in [-0.1, -0.05) is 30.3 Å². The van der Waals surface area contributed by atoms with E-state index in [0.717, 1.165) is 0 Å². The third-order valence-electron chi connectivity index (χ3n) is 4.02. The number of hydrogen-bond donors (Lipinski definition) is 2. The van der Waals surface area contributed by atoms with Crippen molar-refractivity contribution in [3.63, 3.8) is 0 Å². The molecule has 0 aliphatic heterocycles. The molecule has 0 bridgehead atoms. The summed E-state index contributed by atoms with van der Waals surface area (Å²) in [5, 5.41) is 12.2. The molecule has 1 aromatic heterocycles. The number of anilines is 1. The summed E-state index contributed by atoms with van der Waals surface area (Å²) in [4.78, 5) is 24.5. The van der Waals surface area contributed by atoms with Crippen molar-refractivity contribution < 1.29 is 19.0 Å². The number of aliphatic hydroxyl groups is 1. The van der Waals surface area contributed by atoms with E-state index in [2.05, 4.69) is 5.32 Å². The number of rotatable bonds is 7. The lowest BCUT2D eigenvalue weighted by molar-refractivity contribution is -0.116. The molecule has 2 aromatic carbocycles. The summed E-state index contributed by atoms with van der Waals surface area (Å²) in [6.07, 6.45) is 1.39. The fourth-order valence-corrected chi connectivity index (χ4v) is 2.60. The Labute approximate surface area is 160 Å². The molecule has 0 atom stereocenters. The minimum absolute atomic E-state index is 0.0361. The third-order valence-corrected chi connectivity index (χ3v) is 4.02. The molecule has 144 valence electrons. The quantitative estimate of drug-likeness (QED) is 0.658. The van der Waals surface area contributed by atoms with E-state index in [9.17, 15) is 19.1 Å². The maximum atomic E-state index is 13.0. The summed E-state index contributed by atoms with van der Waals surface area (Å²) in [6, 6.07) is 15.9. The van der Waals surface area contributed by atoms with E-state index in [1.54, 1.807) is 36.4 Å². The van der Waals surface area contributed by atoms with Crippen molar-refractivity contribution in [1.29, 1.82) is 0 Å². The number of amides is 1. The van der Waals surface area contributed by atoms with E-state index < -0.39 is 12.0 Å². The number of ether oxygens (including phenoxy) is 1. The van der Waals surface area contributed by atoms with Gasteiger partial charge in [0, 0.05) is 17.4 Å². The first-order valence-electron chi connectivity index (χ1n) is 8.61. The van der Waals surface area contributed by atoms with E-state index in [4.69, 9.17) is 4.74 Å². The van der Waals surface area contributed by atoms with Gasteiger partial charge in [-0.2, -0.15) is 0 Å². The van der Waals surface area contributed by atoms with Gasteiger partial charge in [-0.05, 0) is 29.8 Å². The van der Waals surface area contributed by atoms with E-state index in [-0.39, 0.29) is 30.6 Å². The average molecular weight is 382 g/mol. The van der Waals surface area contributed by atoms with Crippen LogP contribution in [0.4, 0.5) is 10.1 Å². The molecule has 0 radical (unpaired) electrons. The Morgan fingerprint density at radius 1 is 1.11 bits per heavy atom. The van der Waals surface area contributed by atoms with Gasteiger partial charge in [0.2, 0.25) is 11.3 Å². The predicted octanol–water partition coefficient (Wildman–Crippen LogP) is 2.70. The van der Waals surface area contributed by atoms with Crippen LogP contribution in [-0.4, -0.2) is 15.6 Å². The molecule has 0 aliphatic rings. The van der Waals surface area contributed by atoms with Crippen molar-refractivity contribution in [2.24, 2.45) is 0 Å². The Balaban J connectivity index is 1.74. The molecule has 7 heteroatoms. The van der Waals surface area contributed by atoms with Crippen LogP contribution in [0.5, 0.6) is 5.75 Å². The van der Waals surface area contributed by atoms with Crippen molar-refractivity contribution in [2.75, 3.05) is 5.32 Å². The van der Waals surface area contributed by atoms with Crippen molar-refractivity contribution in [3.8, 4) is 5.75 Å². The number of benzene rings is 2. The Morgan fingerprint density at radius 2 is 1.82 bits per heavy atom. The van der Waals surface area contributed by atoms with Crippen molar-refractivity contribution in [1.82, 2.24) is 4.57 Å². The minimum atomic E-state index is -0.411. The second-order valence-corrected chi connectivity index (χ2v) is 6.11. The van der Waals surface area contributed by atoms with Crippen LogP contribution in [0.1, 0.15) is 11.3 Å². The smallest absolute Gasteiger partial charge is 0.244 e. The van der Waals surface area contributed by atoms with Gasteiger partial charge in [0.25, 0.3) is 0 Å². The van der Waals surface area contributed by atoms with Crippen molar-refractivity contribution >= 4 is 11.6 Å². The molecule has 0 unspecified atom stereocenters. The van der Waals surface area contributed by atoms with Crippen LogP contribution in [0.3, 0.4) is 0 Å². The highest BCUT2D eigenvalue weighted by atomic mass is 19.1. The number of para-hydroxylation sites is 1. The van der Waals surface area contributed by atoms with Crippen LogP contribution in [0.25, 0.3) is 0 Å². The SMILES string of the molecule is O=C(Cn1cc(OCc2ccc(F)cc2)c(=O)cc1CO)Nc1ccccc1. The summed E-state index contributed by atoms with van der Waals surface area (Å²) in [7, 11) is 0. The summed E-state index contributed by atoms with van der Waals surface area (Å²) in [6.45, 7) is -0.422. The number of nitrogens with zero attached hydrogens (tertiary/aromatic N) is 1. The standard InChI is InChI=1S/C21H19FN2O4/c22-16-8-6-15(7-9-16)14-28-20-11-24(18(13-25)10-19(20)26)12-21(27)23-17-4-2-1-3-5-17/h1-11,25H,12-14H2,(H,23,27). The number of hydrogen-bond acceptors (Lipinski definition) is 4. The minimum Gasteiger partial charge on any atom is -0.483 e. The Bertz CT molecular complexity index is 1000. The van der Waals surface area contributed by atoms with Gasteiger partial charge in [-0.15, -0.1) is 0 Å². The zero-order valence-electron chi connectivity index (χ0n) is 15.0. The van der Waals surface area contributed by atoms with E-state index in [0.29, 0.717) is 16.9 Å². The molecular weight excluding hydrogens is 363 g/mol. The maximum absolute atomic E-state index is 13.0. The number of carbonyl (C=O) groups is 1. The lowest BCUT2D eigenvalue weighted by Gasteiger charge is -2.14. The highest BCUT2D eigenvalue weighted by Gasteiger charge is 2.11. The predicted molar refractivity (Wildman–Crippen MR) is 102 cm³/mol. The highest BCUT2D eigenvalue weighted by Crippen LogP contribution is 2.12. The average Bonchev–Trinajstić information content (AvgIpc) is 2.70. The first kappa shape index (κ1) is 19.3. The van der Waals surface area contributed by atoms with Crippen LogP contribution in [0.2, 0.25) is 0 Å². The molecule has 28 heavy (non-hydrogen) atoms. The van der Waals surface area contributed by atoms with Gasteiger partial charge in [0.15, 0.2) is 5.75 Å². The molecule has 0 saturated carbocycles. The normalized spacial score (nSPS) is 10.5. The van der Waals surface area contributed by atoms with Crippen molar-refractivity contribution in [3.05, 3.63) is 94.2 Å². The zero-order valence-corrected chi connectivity index (χ0v) is 15.0. The Morgan fingerprint density at radius 3 is 2.50 bits per heavy atom. The first-order chi connectivity index (χ1) is 13.5. The summed E-state index contributed by atoms with van der Waals surface area (Å²) in [5.74, 6) is -0.633. The number of carbonyl (C=O) groups excluding carboxylic acids is 1. The molecule has 0 fully saturated rings. The molecule has 6 nitrogen and oxygen atoms in total. The number of pyridine rings is 1. The van der Waals surface area contributed by atoms with Crippen molar-refractivity contribution in [2.45, 2.75) is 19.8 Å². The summed E-state index contributed by atoms with van der Waals surface area (Å²) in [5.41, 5.74) is 1.22. The van der Waals surface area contributed by atoms with Crippen LogP contribution < -0.4 is 15.5 Å². The van der Waals surface area contributed by atoms with Gasteiger partial charge in [0.1, 0.15) is 19.0 Å². The second kappa shape index (κ2) is 8.96. The molecule has 3 rings (SSSR count). The van der Waals surface area contributed by atoms with Gasteiger partial charge < -0.3 is 19.7 Å². The summed E-state index contributed by atoms with van der Waals surface area (Å²) >= 11 is 0. The van der Waals surface area contributed by atoms with Crippen LogP contribution in [0, 0.1) is 5.82 Å². The van der Waals surface area contributed by atoms with E-state index >= 15 is 0 Å². The van der Waals surface area contributed by atoms with Crippen LogP contribution >= 0.6 is 0 Å². The first-order valence-corrected chi connectivity index (χ1v) is 8.61. The molecular formula is C21H19FN2O4. The van der Waals surface area contributed by atoms with Crippen LogP contribution in [-0.2, 0) is 24.6 Å². The summed E-state index contributed by atoms with van der Waals surface area (Å²) < 4.78 is 20.0. The molecule has 2 N–H and O–H groups in total. The molecule has 1 heterocycles. The van der Waals surface area contributed by atoms with Gasteiger partial charge in [-0.25, -0.2) is 4.39 Å². The zero-order chi connectivity index (χ0) is 19.9. The lowest BCUT2D eigenvalue weighted by Crippen LogP contribution is -2.23. The molecule has 0 spiro atoms. The van der Waals surface area contributed by atoms with Gasteiger partial charge in [-0.3, -0.25) is 9.59 Å². The Kier molecular flexibility index (Phi) is 6.18. The fraction of sp³-hybridized carbons (Fsp3) is 0.143. The second-order valence-electron chi connectivity index (χ2n) is 6.11. The number of nitrogens with one attached hydrogen (secondary N) is 1. The maximum Gasteiger partial charge on any atom is 0.244 e. The largest absolute Gasteiger partial charge is 0.483 e. The molecule has 3 aromatic rings.